The van der Waals surface area contributed by atoms with Crippen LogP contribution < -0.4 is 10.5 Å². The summed E-state index contributed by atoms with van der Waals surface area (Å²) in [5, 5.41) is 1.13. The molecule has 0 atom stereocenters. The quantitative estimate of drug-likeness (QED) is 0.826. The molecular weight excluding hydrogens is 188 g/mol. The summed E-state index contributed by atoms with van der Waals surface area (Å²) >= 11 is 0. The molecule has 0 aliphatic carbocycles. The van der Waals surface area contributed by atoms with Crippen LogP contribution in [0.25, 0.3) is 10.9 Å². The summed E-state index contributed by atoms with van der Waals surface area (Å²) in [5.74, 6) is 0.807. The Morgan fingerprint density at radius 1 is 1.33 bits per heavy atom. The number of nitrogens with two attached hydrogens (primary N) is 1. The first-order chi connectivity index (χ1) is 7.33. The van der Waals surface area contributed by atoms with E-state index in [1.165, 1.54) is 5.56 Å². The molecule has 2 aromatic rings. The van der Waals surface area contributed by atoms with Crippen molar-refractivity contribution in [2.45, 2.75) is 6.92 Å². The van der Waals surface area contributed by atoms with Gasteiger partial charge in [-0.3, -0.25) is 4.98 Å². The number of ether oxygens (including phenoxy) is 1. The summed E-state index contributed by atoms with van der Waals surface area (Å²) in [5.41, 5.74) is 7.52. The fourth-order valence-electron chi connectivity index (χ4n) is 1.57. The minimum absolute atomic E-state index is 0.516. The first kappa shape index (κ1) is 9.93. The van der Waals surface area contributed by atoms with Gasteiger partial charge in [0.05, 0.1) is 0 Å². The molecule has 0 unspecified atom stereocenters. The average Bonchev–Trinajstić information content (AvgIpc) is 2.27. The number of aromatic nitrogens is 1. The lowest BCUT2D eigenvalue weighted by Crippen LogP contribution is -2.10. The maximum atomic E-state index is 5.54. The molecule has 3 nitrogen and oxygen atoms in total. The Labute approximate surface area is 88.9 Å². The molecule has 2 N–H and O–H groups in total. The van der Waals surface area contributed by atoms with E-state index in [0.29, 0.717) is 13.2 Å². The maximum absolute atomic E-state index is 5.54. The van der Waals surface area contributed by atoms with Crippen molar-refractivity contribution in [3.8, 4) is 5.75 Å². The van der Waals surface area contributed by atoms with Gasteiger partial charge in [-0.15, -0.1) is 0 Å². The highest BCUT2D eigenvalue weighted by molar-refractivity contribution is 5.86. The number of para-hydroxylation sites is 1. The molecule has 1 aromatic heterocycles. The van der Waals surface area contributed by atoms with Crippen molar-refractivity contribution in [1.82, 2.24) is 4.98 Å². The van der Waals surface area contributed by atoms with E-state index in [-0.39, 0.29) is 0 Å². The van der Waals surface area contributed by atoms with Crippen LogP contribution in [0.15, 0.2) is 30.5 Å². The van der Waals surface area contributed by atoms with Crippen LogP contribution in [-0.2, 0) is 0 Å². The lowest BCUT2D eigenvalue weighted by Gasteiger charge is -2.08. The van der Waals surface area contributed by atoms with E-state index in [2.05, 4.69) is 11.9 Å². The van der Waals surface area contributed by atoms with Gasteiger partial charge in [0.2, 0.25) is 0 Å². The Bertz CT molecular complexity index is 468. The fourth-order valence-corrected chi connectivity index (χ4v) is 1.57. The lowest BCUT2D eigenvalue weighted by molar-refractivity contribution is 0.331. The number of benzene rings is 1. The number of aryl methyl sites for hydroxylation is 1. The summed E-state index contributed by atoms with van der Waals surface area (Å²) < 4.78 is 5.54. The number of hydrogen-bond donors (Lipinski definition) is 1. The Morgan fingerprint density at radius 2 is 2.20 bits per heavy atom. The summed E-state index contributed by atoms with van der Waals surface area (Å²) in [6, 6.07) is 7.94. The second kappa shape index (κ2) is 4.28. The molecule has 3 heteroatoms. The van der Waals surface area contributed by atoms with Crippen molar-refractivity contribution in [3.63, 3.8) is 0 Å². The molecule has 2 rings (SSSR count). The number of fused-ring (bicyclic) bond motifs is 1. The molecule has 0 bridgehead atoms. The second-order valence-corrected chi connectivity index (χ2v) is 3.42. The van der Waals surface area contributed by atoms with E-state index >= 15 is 0 Å². The zero-order chi connectivity index (χ0) is 10.7. The molecule has 0 aliphatic heterocycles. The Balaban J connectivity index is 2.51. The Kier molecular flexibility index (Phi) is 2.83. The number of hydrogen-bond acceptors (Lipinski definition) is 3. The van der Waals surface area contributed by atoms with Gasteiger partial charge in [0.1, 0.15) is 17.9 Å². The van der Waals surface area contributed by atoms with Crippen molar-refractivity contribution in [3.05, 3.63) is 36.0 Å². The minimum atomic E-state index is 0.516. The van der Waals surface area contributed by atoms with Crippen molar-refractivity contribution in [2.75, 3.05) is 13.2 Å². The molecule has 0 fully saturated rings. The molecule has 0 saturated carbocycles. The van der Waals surface area contributed by atoms with E-state index in [0.717, 1.165) is 16.7 Å². The van der Waals surface area contributed by atoms with E-state index < -0.39 is 0 Å². The number of nitrogens with zero attached hydrogens (tertiary/aromatic N) is 1. The first-order valence-corrected chi connectivity index (χ1v) is 5.00. The van der Waals surface area contributed by atoms with Crippen LogP contribution in [-0.4, -0.2) is 18.1 Å². The third-order valence-corrected chi connectivity index (χ3v) is 2.33. The van der Waals surface area contributed by atoms with E-state index in [1.807, 2.05) is 24.3 Å². The van der Waals surface area contributed by atoms with Gasteiger partial charge in [0.25, 0.3) is 0 Å². The van der Waals surface area contributed by atoms with Crippen molar-refractivity contribution >= 4 is 10.9 Å². The van der Waals surface area contributed by atoms with Crippen LogP contribution >= 0.6 is 0 Å². The van der Waals surface area contributed by atoms with Gasteiger partial charge < -0.3 is 10.5 Å². The molecule has 0 saturated heterocycles. The summed E-state index contributed by atoms with van der Waals surface area (Å²) in [4.78, 5) is 4.33. The van der Waals surface area contributed by atoms with E-state index in [9.17, 15) is 0 Å². The SMILES string of the molecule is Cc1ccnc2c(OCCN)cccc12. The van der Waals surface area contributed by atoms with Gasteiger partial charge in [-0.1, -0.05) is 12.1 Å². The monoisotopic (exact) mass is 202 g/mol. The van der Waals surface area contributed by atoms with Gasteiger partial charge in [0.15, 0.2) is 0 Å². The van der Waals surface area contributed by atoms with Gasteiger partial charge in [-0.25, -0.2) is 0 Å². The van der Waals surface area contributed by atoms with Crippen LogP contribution in [0.2, 0.25) is 0 Å². The highest BCUT2D eigenvalue weighted by Crippen LogP contribution is 2.25. The molecule has 15 heavy (non-hydrogen) atoms. The van der Waals surface area contributed by atoms with E-state index in [4.69, 9.17) is 10.5 Å². The Morgan fingerprint density at radius 3 is 3.00 bits per heavy atom. The van der Waals surface area contributed by atoms with Gasteiger partial charge in [-0.2, -0.15) is 0 Å². The van der Waals surface area contributed by atoms with Gasteiger partial charge in [0, 0.05) is 18.1 Å². The molecule has 78 valence electrons. The summed E-state index contributed by atoms with van der Waals surface area (Å²) in [7, 11) is 0. The summed E-state index contributed by atoms with van der Waals surface area (Å²) in [6.45, 7) is 3.10. The highest BCUT2D eigenvalue weighted by Gasteiger charge is 2.03. The van der Waals surface area contributed by atoms with Crippen LogP contribution in [0.3, 0.4) is 0 Å². The van der Waals surface area contributed by atoms with Gasteiger partial charge >= 0.3 is 0 Å². The van der Waals surface area contributed by atoms with Crippen LogP contribution in [0, 0.1) is 6.92 Å². The smallest absolute Gasteiger partial charge is 0.145 e. The summed E-state index contributed by atoms with van der Waals surface area (Å²) in [6.07, 6.45) is 1.80. The fraction of sp³-hybridized carbons (Fsp3) is 0.250. The second-order valence-electron chi connectivity index (χ2n) is 3.42. The van der Waals surface area contributed by atoms with Crippen LogP contribution in [0.1, 0.15) is 5.56 Å². The minimum Gasteiger partial charge on any atom is -0.490 e. The van der Waals surface area contributed by atoms with Crippen molar-refractivity contribution in [2.24, 2.45) is 5.73 Å². The van der Waals surface area contributed by atoms with Crippen molar-refractivity contribution < 1.29 is 4.74 Å². The molecule has 1 heterocycles. The highest BCUT2D eigenvalue weighted by atomic mass is 16.5. The zero-order valence-corrected chi connectivity index (χ0v) is 8.73. The van der Waals surface area contributed by atoms with Crippen molar-refractivity contribution in [1.29, 1.82) is 0 Å². The molecule has 0 radical (unpaired) electrons. The predicted molar refractivity (Wildman–Crippen MR) is 61.0 cm³/mol. The third-order valence-electron chi connectivity index (χ3n) is 2.33. The molecular formula is C12H14N2O. The van der Waals surface area contributed by atoms with Crippen LogP contribution in [0.5, 0.6) is 5.75 Å². The molecule has 1 aromatic carbocycles. The zero-order valence-electron chi connectivity index (χ0n) is 8.73. The largest absolute Gasteiger partial charge is 0.490 e. The maximum Gasteiger partial charge on any atom is 0.145 e. The Hall–Kier alpha value is -1.61. The van der Waals surface area contributed by atoms with Crippen LogP contribution in [0.4, 0.5) is 0 Å². The third kappa shape index (κ3) is 1.92. The standard InChI is InChI=1S/C12H14N2O/c1-9-5-7-14-12-10(9)3-2-4-11(12)15-8-6-13/h2-5,7H,6,8,13H2,1H3. The topological polar surface area (TPSA) is 48.1 Å². The molecule has 0 amide bonds. The van der Waals surface area contributed by atoms with E-state index in [1.54, 1.807) is 6.20 Å². The predicted octanol–water partition coefficient (Wildman–Crippen LogP) is 1.88. The lowest BCUT2D eigenvalue weighted by atomic mass is 10.1. The molecule has 0 aliphatic rings. The number of rotatable bonds is 3. The average molecular weight is 202 g/mol. The molecule has 0 spiro atoms. The van der Waals surface area contributed by atoms with Gasteiger partial charge in [-0.05, 0) is 24.6 Å². The normalized spacial score (nSPS) is 10.5. The first-order valence-electron chi connectivity index (χ1n) is 5.00. The number of pyridine rings is 1.